The number of likely N-dealkylation sites (N-methyl/N-ethyl adjacent to an activating group) is 1. The van der Waals surface area contributed by atoms with Crippen molar-refractivity contribution >= 4 is 47.2 Å². The molecule has 4 saturated heterocycles. The number of rotatable bonds is 12. The molecule has 7 N–H and O–H groups in total. The van der Waals surface area contributed by atoms with E-state index in [1.807, 2.05) is 11.9 Å². The fourth-order valence-electron chi connectivity index (χ4n) is 7.57. The Kier molecular flexibility index (Phi) is 14.4. The zero-order valence-corrected chi connectivity index (χ0v) is 32.9. The fourth-order valence-corrected chi connectivity index (χ4v) is 9.87. The van der Waals surface area contributed by atoms with Crippen LogP contribution in [0.3, 0.4) is 0 Å². The second-order valence-corrected chi connectivity index (χ2v) is 17.1. The summed E-state index contributed by atoms with van der Waals surface area (Å²) in [4.78, 5) is 53.0. The van der Waals surface area contributed by atoms with E-state index in [9.17, 15) is 44.7 Å². The van der Waals surface area contributed by atoms with Crippen molar-refractivity contribution in [3.05, 3.63) is 23.8 Å². The Morgan fingerprint density at radius 2 is 1.74 bits per heavy atom. The van der Waals surface area contributed by atoms with Crippen molar-refractivity contribution in [2.75, 3.05) is 34.1 Å². The minimum atomic E-state index is -1.42. The molecule has 1 aromatic carbocycles. The van der Waals surface area contributed by atoms with Gasteiger partial charge >= 0.3 is 5.97 Å². The number of carboxylic acid groups (broad SMARTS) is 1. The number of amides is 3. The number of benzene rings is 1. The zero-order chi connectivity index (χ0) is 39.5. The van der Waals surface area contributed by atoms with Gasteiger partial charge in [0.2, 0.25) is 11.8 Å². The van der Waals surface area contributed by atoms with Crippen LogP contribution in [-0.2, 0) is 19.1 Å². The molecule has 0 radical (unpaired) electrons. The van der Waals surface area contributed by atoms with Gasteiger partial charge in [0, 0.05) is 11.3 Å². The van der Waals surface area contributed by atoms with Crippen molar-refractivity contribution in [3.8, 4) is 11.5 Å². The van der Waals surface area contributed by atoms with Gasteiger partial charge in [0.25, 0.3) is 5.91 Å². The van der Waals surface area contributed by atoms with Crippen LogP contribution < -0.4 is 20.1 Å². The smallest absolute Gasteiger partial charge is 0.327 e. The van der Waals surface area contributed by atoms with Gasteiger partial charge in [-0.15, -0.1) is 23.5 Å². The number of nitrogens with one attached hydrogen (secondary N) is 2. The number of ether oxygens (including phenoxy) is 3. The summed E-state index contributed by atoms with van der Waals surface area (Å²) in [5.74, 6) is -1.05. The van der Waals surface area contributed by atoms with E-state index in [1.165, 1.54) is 49.6 Å². The molecule has 298 valence electrons. The number of methoxy groups -OCH3 is 2. The van der Waals surface area contributed by atoms with Crippen molar-refractivity contribution in [1.82, 2.24) is 20.4 Å². The van der Waals surface area contributed by atoms with Crippen LogP contribution in [0.4, 0.5) is 0 Å². The molecule has 4 heterocycles. The molecule has 5 rings (SSSR count). The number of carboxylic acids is 1. The monoisotopic (exact) mass is 786 g/mol. The highest BCUT2D eigenvalue weighted by atomic mass is 32.2. The number of hydrogen-bond donors (Lipinski definition) is 7. The molecular weight excluding hydrogens is 733 g/mol. The second-order valence-electron chi connectivity index (χ2n) is 14.4. The largest absolute Gasteiger partial charge is 0.496 e. The Hall–Kier alpha value is -2.84. The van der Waals surface area contributed by atoms with E-state index >= 15 is 0 Å². The summed E-state index contributed by atoms with van der Waals surface area (Å²) in [5, 5.41) is 55.3. The molecule has 0 aromatic heterocycles. The normalized spacial score (nSPS) is 33.1. The average molecular weight is 787 g/mol. The van der Waals surface area contributed by atoms with Crippen LogP contribution in [0.5, 0.6) is 11.5 Å². The Bertz CT molecular complexity index is 1460. The summed E-state index contributed by atoms with van der Waals surface area (Å²) in [6.07, 6.45) is -1.50. The van der Waals surface area contributed by atoms with Crippen molar-refractivity contribution in [2.24, 2.45) is 5.92 Å². The molecule has 3 amide bonds. The van der Waals surface area contributed by atoms with Crippen LogP contribution >= 0.6 is 23.5 Å². The molecule has 0 saturated carbocycles. The molecule has 4 fully saturated rings. The van der Waals surface area contributed by atoms with Gasteiger partial charge in [-0.25, -0.2) is 4.79 Å². The van der Waals surface area contributed by atoms with Gasteiger partial charge in [0.05, 0.1) is 32.4 Å². The van der Waals surface area contributed by atoms with Gasteiger partial charge < -0.3 is 55.3 Å². The minimum Gasteiger partial charge on any atom is -0.496 e. The third-order valence-corrected chi connectivity index (χ3v) is 12.7. The van der Waals surface area contributed by atoms with E-state index in [0.717, 1.165) is 25.8 Å². The number of β-lactam (4-membered cyclic amide) rings is 1. The number of aliphatic carboxylic acids is 1. The van der Waals surface area contributed by atoms with E-state index < -0.39 is 82.0 Å². The lowest BCUT2D eigenvalue weighted by atomic mass is 9.92. The molecule has 1 aromatic rings. The number of thioether (sulfide) groups is 2. The molecule has 18 heteroatoms. The summed E-state index contributed by atoms with van der Waals surface area (Å²) in [7, 11) is 4.79. The zero-order valence-electron chi connectivity index (χ0n) is 31.3. The Morgan fingerprint density at radius 1 is 1.11 bits per heavy atom. The predicted octanol–water partition coefficient (Wildman–Crippen LogP) is 0.0921. The van der Waals surface area contributed by atoms with Crippen LogP contribution in [0, 0.1) is 5.92 Å². The highest BCUT2D eigenvalue weighted by molar-refractivity contribution is 8.01. The molecule has 0 unspecified atom stereocenters. The maximum absolute atomic E-state index is 12.8. The fraction of sp³-hybridized carbons (Fsp3) is 0.714. The second kappa shape index (κ2) is 17.7. The third kappa shape index (κ3) is 8.85. The summed E-state index contributed by atoms with van der Waals surface area (Å²) < 4.78 is 15.5. The first-order valence-corrected chi connectivity index (χ1v) is 19.8. The van der Waals surface area contributed by atoms with E-state index in [2.05, 4.69) is 17.6 Å². The molecule has 4 aliphatic heterocycles. The number of hydrogen-bond acceptors (Lipinski definition) is 14. The van der Waals surface area contributed by atoms with Crippen molar-refractivity contribution < 1.29 is 58.9 Å². The Balaban J connectivity index is 0.000000237. The topological polar surface area (TPSA) is 228 Å². The van der Waals surface area contributed by atoms with Crippen LogP contribution in [0.15, 0.2) is 18.2 Å². The minimum absolute atomic E-state index is 0.195. The lowest BCUT2D eigenvalue weighted by Crippen LogP contribution is -2.70. The van der Waals surface area contributed by atoms with Crippen molar-refractivity contribution in [1.29, 1.82) is 0 Å². The summed E-state index contributed by atoms with van der Waals surface area (Å²) >= 11 is 2.57. The lowest BCUT2D eigenvalue weighted by Gasteiger charge is -2.44. The van der Waals surface area contributed by atoms with E-state index in [-0.39, 0.29) is 17.5 Å². The van der Waals surface area contributed by atoms with Crippen molar-refractivity contribution in [3.63, 3.8) is 0 Å². The SMILES string of the molecule is CCC[C@@H]1C[C@@H](C(=O)N[C@@H]([C@H]2O[C@H](SC)[C@H](O)[C@@H](O)[C@H]2O)[C@@H](C)O)N(C)C1.COc1cccc(OC)c1C(=O)N[C@@H]1C(=O)N2[C@@H]1SC(C)(C)[C@@H]2C(=O)O. The van der Waals surface area contributed by atoms with Crippen LogP contribution in [-0.4, -0.2) is 163 Å². The maximum Gasteiger partial charge on any atom is 0.327 e. The molecule has 12 atom stereocenters. The average Bonchev–Trinajstić information content (AvgIpc) is 3.61. The van der Waals surface area contributed by atoms with Crippen LogP contribution in [0.2, 0.25) is 0 Å². The first kappa shape index (κ1) is 42.9. The highest BCUT2D eigenvalue weighted by Gasteiger charge is 2.64. The van der Waals surface area contributed by atoms with Gasteiger partial charge in [0.15, 0.2) is 0 Å². The molecule has 0 aliphatic carbocycles. The number of carbonyl (C=O) groups excluding carboxylic acids is 3. The van der Waals surface area contributed by atoms with Gasteiger partial charge in [-0.05, 0) is 65.0 Å². The summed E-state index contributed by atoms with van der Waals surface area (Å²) in [6, 6.07) is 2.04. The summed E-state index contributed by atoms with van der Waals surface area (Å²) in [5.41, 5.74) is -0.560. The van der Waals surface area contributed by atoms with Crippen LogP contribution in [0.25, 0.3) is 0 Å². The van der Waals surface area contributed by atoms with Gasteiger partial charge in [-0.2, -0.15) is 0 Å². The van der Waals surface area contributed by atoms with Gasteiger partial charge in [0.1, 0.15) is 64.4 Å². The first-order valence-electron chi connectivity index (χ1n) is 17.6. The first-order chi connectivity index (χ1) is 24.9. The molecular formula is C35H54N4O12S2. The molecule has 0 bridgehead atoms. The number of aliphatic hydroxyl groups is 4. The number of fused-ring (bicyclic) bond motifs is 1. The van der Waals surface area contributed by atoms with Crippen molar-refractivity contribution in [2.45, 2.75) is 117 Å². The Morgan fingerprint density at radius 3 is 2.26 bits per heavy atom. The summed E-state index contributed by atoms with van der Waals surface area (Å²) in [6.45, 7) is 8.05. The number of carbonyl (C=O) groups is 4. The quantitative estimate of drug-likeness (QED) is 0.139. The van der Waals surface area contributed by atoms with Gasteiger partial charge in [-0.1, -0.05) is 19.4 Å². The van der Waals surface area contributed by atoms with Gasteiger partial charge in [-0.3, -0.25) is 19.3 Å². The lowest BCUT2D eigenvalue weighted by molar-refractivity contribution is -0.211. The van der Waals surface area contributed by atoms with E-state index in [0.29, 0.717) is 17.4 Å². The molecule has 0 spiro atoms. The third-order valence-electron chi connectivity index (χ3n) is 10.3. The Labute approximate surface area is 318 Å². The number of likely N-dealkylation sites (tertiary alicyclic amines) is 1. The van der Waals surface area contributed by atoms with Crippen LogP contribution in [0.1, 0.15) is 57.3 Å². The molecule has 4 aliphatic rings. The maximum atomic E-state index is 12.8. The van der Waals surface area contributed by atoms with E-state index in [4.69, 9.17) is 14.2 Å². The highest BCUT2D eigenvalue weighted by Crippen LogP contribution is 2.51. The standard InChI is InChI=1S/C18H34N2O6S.C17H20N2O6S/c1-5-6-10-7-11(20(3)8-10)17(25)19-12(9(2)21)16-14(23)13(22)15(24)18(26-16)27-4;1-17(2)12(16(22)23)19-14(21)11(15(19)26-17)18-13(20)10-8(24-3)6-5-7-9(10)25-4/h9-16,18,21-24H,5-8H2,1-4H3,(H,19,25);5-7,11-12,15H,1-4H3,(H,18,20)(H,22,23)/t9-,10-,11+,12-,13+,14-,15-,16-,18-;11-,12+,15-/m11/s1. The molecule has 53 heavy (non-hydrogen) atoms. The number of nitrogens with zero attached hydrogens (tertiary/aromatic N) is 2. The predicted molar refractivity (Wildman–Crippen MR) is 198 cm³/mol. The number of aliphatic hydroxyl groups excluding tert-OH is 4. The molecule has 16 nitrogen and oxygen atoms in total. The van der Waals surface area contributed by atoms with E-state index in [1.54, 1.807) is 38.3 Å².